The second-order valence-electron chi connectivity index (χ2n) is 5.32. The number of fused-ring (bicyclic) bond motifs is 1. The molecule has 0 saturated carbocycles. The van der Waals surface area contributed by atoms with Crippen molar-refractivity contribution in [1.29, 1.82) is 0 Å². The summed E-state index contributed by atoms with van der Waals surface area (Å²) in [6.07, 6.45) is 2.24. The summed E-state index contributed by atoms with van der Waals surface area (Å²) < 4.78 is 4.92. The minimum absolute atomic E-state index is 0.133. The fourth-order valence-corrected chi connectivity index (χ4v) is 2.67. The monoisotopic (exact) mass is 303 g/mol. The first-order valence-electron chi connectivity index (χ1n) is 7.92. The minimum atomic E-state index is -0.133. The van der Waals surface area contributed by atoms with Crippen LogP contribution in [0.2, 0.25) is 0 Å². The topological polar surface area (TPSA) is 53.9 Å². The molecule has 0 spiro atoms. The highest BCUT2D eigenvalue weighted by Gasteiger charge is 2.18. The summed E-state index contributed by atoms with van der Waals surface area (Å²) in [5, 5.41) is 3.34. The van der Waals surface area contributed by atoms with Crippen molar-refractivity contribution in [3.05, 3.63) is 35.4 Å². The van der Waals surface area contributed by atoms with Gasteiger partial charge in [-0.3, -0.25) is 9.79 Å². The SMILES string of the molecule is CCOC(=O)CCCNC(=NC)N1CCc2ccccc2C1. The number of nitrogens with one attached hydrogen (secondary N) is 1. The van der Waals surface area contributed by atoms with Gasteiger partial charge >= 0.3 is 5.97 Å². The number of rotatable bonds is 5. The number of benzene rings is 1. The first-order valence-corrected chi connectivity index (χ1v) is 7.92. The Hall–Kier alpha value is -2.04. The summed E-state index contributed by atoms with van der Waals surface area (Å²) in [6.45, 7) is 4.85. The molecule has 0 bridgehead atoms. The Morgan fingerprint density at radius 2 is 2.14 bits per heavy atom. The van der Waals surface area contributed by atoms with Gasteiger partial charge in [0.1, 0.15) is 0 Å². The molecule has 1 aliphatic rings. The largest absolute Gasteiger partial charge is 0.466 e. The summed E-state index contributed by atoms with van der Waals surface area (Å²) in [6, 6.07) is 8.55. The standard InChI is InChI=1S/C17H25N3O2/c1-3-22-16(21)9-6-11-19-17(18-2)20-12-10-14-7-4-5-8-15(14)13-20/h4-5,7-8H,3,6,9-13H2,1-2H3,(H,18,19). The fraction of sp³-hybridized carbons (Fsp3) is 0.529. The number of aliphatic imine (C=N–C) groups is 1. The van der Waals surface area contributed by atoms with Crippen LogP contribution < -0.4 is 5.32 Å². The second-order valence-corrected chi connectivity index (χ2v) is 5.32. The molecule has 1 aromatic rings. The lowest BCUT2D eigenvalue weighted by Gasteiger charge is -2.31. The Kier molecular flexibility index (Phi) is 6.25. The van der Waals surface area contributed by atoms with Crippen molar-refractivity contribution in [2.75, 3.05) is 26.7 Å². The Morgan fingerprint density at radius 1 is 1.36 bits per heavy atom. The van der Waals surface area contributed by atoms with Gasteiger partial charge in [0.15, 0.2) is 5.96 Å². The average molecular weight is 303 g/mol. The molecule has 5 heteroatoms. The quantitative estimate of drug-likeness (QED) is 0.391. The number of ether oxygens (including phenoxy) is 1. The minimum Gasteiger partial charge on any atom is -0.466 e. The van der Waals surface area contributed by atoms with Crippen molar-refractivity contribution in [3.63, 3.8) is 0 Å². The van der Waals surface area contributed by atoms with Gasteiger partial charge in [0.05, 0.1) is 6.61 Å². The molecule has 1 heterocycles. The molecular formula is C17H25N3O2. The summed E-state index contributed by atoms with van der Waals surface area (Å²) >= 11 is 0. The first-order chi connectivity index (χ1) is 10.7. The van der Waals surface area contributed by atoms with E-state index in [4.69, 9.17) is 4.74 Å². The smallest absolute Gasteiger partial charge is 0.305 e. The fourth-order valence-electron chi connectivity index (χ4n) is 2.67. The van der Waals surface area contributed by atoms with Crippen molar-refractivity contribution in [3.8, 4) is 0 Å². The van der Waals surface area contributed by atoms with Crippen LogP contribution in [0.3, 0.4) is 0 Å². The van der Waals surface area contributed by atoms with Crippen LogP contribution in [0.4, 0.5) is 0 Å². The molecule has 1 aliphatic heterocycles. The van der Waals surface area contributed by atoms with E-state index in [2.05, 4.69) is 39.5 Å². The van der Waals surface area contributed by atoms with Gasteiger partial charge in [-0.1, -0.05) is 24.3 Å². The van der Waals surface area contributed by atoms with Gasteiger partial charge in [-0.2, -0.15) is 0 Å². The van der Waals surface area contributed by atoms with Crippen molar-refractivity contribution >= 4 is 11.9 Å². The van der Waals surface area contributed by atoms with Gasteiger partial charge in [-0.15, -0.1) is 0 Å². The van der Waals surface area contributed by atoms with Crippen LogP contribution in [0.1, 0.15) is 30.9 Å². The number of nitrogens with zero attached hydrogens (tertiary/aromatic N) is 2. The molecule has 0 fully saturated rings. The van der Waals surface area contributed by atoms with E-state index in [0.717, 1.165) is 38.4 Å². The van der Waals surface area contributed by atoms with E-state index in [-0.39, 0.29) is 5.97 Å². The zero-order valence-electron chi connectivity index (χ0n) is 13.5. The number of guanidine groups is 1. The number of esters is 1. The highest BCUT2D eigenvalue weighted by atomic mass is 16.5. The van der Waals surface area contributed by atoms with Crippen LogP contribution in [0, 0.1) is 0 Å². The highest BCUT2D eigenvalue weighted by Crippen LogP contribution is 2.18. The van der Waals surface area contributed by atoms with E-state index in [1.165, 1.54) is 11.1 Å². The van der Waals surface area contributed by atoms with Crippen molar-refractivity contribution in [1.82, 2.24) is 10.2 Å². The van der Waals surface area contributed by atoms with Crippen LogP contribution in [-0.4, -0.2) is 43.6 Å². The zero-order valence-corrected chi connectivity index (χ0v) is 13.5. The maximum absolute atomic E-state index is 11.3. The molecule has 120 valence electrons. The third-order valence-electron chi connectivity index (χ3n) is 3.79. The van der Waals surface area contributed by atoms with E-state index in [9.17, 15) is 4.79 Å². The predicted octanol–water partition coefficient (Wildman–Crippen LogP) is 1.96. The van der Waals surface area contributed by atoms with E-state index < -0.39 is 0 Å². The number of hydrogen-bond donors (Lipinski definition) is 1. The molecule has 0 aromatic heterocycles. The van der Waals surface area contributed by atoms with Crippen LogP contribution in [-0.2, 0) is 22.5 Å². The van der Waals surface area contributed by atoms with E-state index in [1.807, 2.05) is 6.92 Å². The summed E-state index contributed by atoms with van der Waals surface area (Å²) in [5.74, 6) is 0.768. The first kappa shape index (κ1) is 16.3. The molecule has 1 N–H and O–H groups in total. The molecule has 0 unspecified atom stereocenters. The Balaban J connectivity index is 1.80. The van der Waals surface area contributed by atoms with Crippen LogP contribution >= 0.6 is 0 Å². The van der Waals surface area contributed by atoms with E-state index in [1.54, 1.807) is 7.05 Å². The Bertz CT molecular complexity index is 528. The molecule has 22 heavy (non-hydrogen) atoms. The zero-order chi connectivity index (χ0) is 15.8. The van der Waals surface area contributed by atoms with Crippen LogP contribution in [0.5, 0.6) is 0 Å². The molecular weight excluding hydrogens is 278 g/mol. The average Bonchev–Trinajstić information content (AvgIpc) is 2.55. The summed E-state index contributed by atoms with van der Waals surface area (Å²) in [4.78, 5) is 17.9. The van der Waals surface area contributed by atoms with E-state index >= 15 is 0 Å². The Labute approximate surface area is 132 Å². The second kappa shape index (κ2) is 8.41. The van der Waals surface area contributed by atoms with Gasteiger partial charge in [-0.05, 0) is 30.9 Å². The third-order valence-corrected chi connectivity index (χ3v) is 3.79. The highest BCUT2D eigenvalue weighted by molar-refractivity contribution is 5.80. The van der Waals surface area contributed by atoms with Gasteiger partial charge in [0.2, 0.25) is 0 Å². The van der Waals surface area contributed by atoms with Crippen molar-refractivity contribution in [2.45, 2.75) is 32.7 Å². The van der Waals surface area contributed by atoms with Crippen molar-refractivity contribution in [2.24, 2.45) is 4.99 Å². The molecule has 2 rings (SSSR count). The van der Waals surface area contributed by atoms with E-state index in [0.29, 0.717) is 13.0 Å². The normalized spacial score (nSPS) is 14.5. The maximum atomic E-state index is 11.3. The molecule has 0 radical (unpaired) electrons. The lowest BCUT2D eigenvalue weighted by molar-refractivity contribution is -0.143. The number of hydrogen-bond acceptors (Lipinski definition) is 3. The molecule has 5 nitrogen and oxygen atoms in total. The van der Waals surface area contributed by atoms with Crippen LogP contribution in [0.25, 0.3) is 0 Å². The van der Waals surface area contributed by atoms with Gasteiger partial charge in [-0.25, -0.2) is 0 Å². The molecule has 1 aromatic carbocycles. The molecule has 0 aliphatic carbocycles. The third kappa shape index (κ3) is 4.48. The van der Waals surface area contributed by atoms with Gasteiger partial charge in [0.25, 0.3) is 0 Å². The summed E-state index contributed by atoms with van der Waals surface area (Å²) in [5.41, 5.74) is 2.79. The Morgan fingerprint density at radius 3 is 2.86 bits per heavy atom. The maximum Gasteiger partial charge on any atom is 0.305 e. The molecule has 0 atom stereocenters. The predicted molar refractivity (Wildman–Crippen MR) is 87.8 cm³/mol. The summed E-state index contributed by atoms with van der Waals surface area (Å²) in [7, 11) is 1.80. The number of carbonyl (C=O) groups is 1. The van der Waals surface area contributed by atoms with Gasteiger partial charge in [0, 0.05) is 33.1 Å². The number of carbonyl (C=O) groups excluding carboxylic acids is 1. The van der Waals surface area contributed by atoms with Crippen molar-refractivity contribution < 1.29 is 9.53 Å². The molecule has 0 saturated heterocycles. The van der Waals surface area contributed by atoms with Crippen LogP contribution in [0.15, 0.2) is 29.3 Å². The lowest BCUT2D eigenvalue weighted by Crippen LogP contribution is -2.44. The lowest BCUT2D eigenvalue weighted by atomic mass is 10.0. The van der Waals surface area contributed by atoms with Gasteiger partial charge < -0.3 is 15.0 Å². The molecule has 0 amide bonds.